The molecule has 1 aromatic heterocycles. The Balaban J connectivity index is 2.40. The number of hydrogen-bond acceptors (Lipinski definition) is 3. The van der Waals surface area contributed by atoms with Crippen LogP contribution >= 0.6 is 0 Å². The number of aromatic nitrogens is 3. The zero-order chi connectivity index (χ0) is 14.3. The standard InChI is InChI=1S/C15H30N4/c1-6-10-16-14(12(2)3)8-7-9-15-17-11-18-19(15)13(4)5/h11-14,16H,6-10H2,1-5H3. The van der Waals surface area contributed by atoms with Crippen LogP contribution in [0.25, 0.3) is 0 Å². The topological polar surface area (TPSA) is 42.7 Å². The Labute approximate surface area is 118 Å². The van der Waals surface area contributed by atoms with Crippen molar-refractivity contribution in [3.05, 3.63) is 12.2 Å². The van der Waals surface area contributed by atoms with Crippen LogP contribution in [-0.4, -0.2) is 27.4 Å². The van der Waals surface area contributed by atoms with Gasteiger partial charge in [0.15, 0.2) is 0 Å². The van der Waals surface area contributed by atoms with E-state index in [4.69, 9.17) is 0 Å². The number of rotatable bonds is 9. The van der Waals surface area contributed by atoms with Gasteiger partial charge in [-0.2, -0.15) is 5.10 Å². The third-order valence-corrected chi connectivity index (χ3v) is 3.51. The molecule has 0 bridgehead atoms. The van der Waals surface area contributed by atoms with E-state index in [1.807, 2.05) is 4.68 Å². The van der Waals surface area contributed by atoms with Crippen molar-refractivity contribution in [1.82, 2.24) is 20.1 Å². The van der Waals surface area contributed by atoms with Crippen molar-refractivity contribution in [2.75, 3.05) is 6.54 Å². The van der Waals surface area contributed by atoms with Crippen LogP contribution in [0.2, 0.25) is 0 Å². The van der Waals surface area contributed by atoms with Gasteiger partial charge in [0.25, 0.3) is 0 Å². The summed E-state index contributed by atoms with van der Waals surface area (Å²) in [5.74, 6) is 1.81. The van der Waals surface area contributed by atoms with E-state index in [2.05, 4.69) is 50.0 Å². The van der Waals surface area contributed by atoms with Crippen molar-refractivity contribution in [3.63, 3.8) is 0 Å². The van der Waals surface area contributed by atoms with Gasteiger partial charge < -0.3 is 5.32 Å². The molecule has 0 fully saturated rings. The second-order valence-corrected chi connectivity index (χ2v) is 5.91. The van der Waals surface area contributed by atoms with Gasteiger partial charge >= 0.3 is 0 Å². The maximum absolute atomic E-state index is 4.37. The van der Waals surface area contributed by atoms with E-state index in [-0.39, 0.29) is 0 Å². The molecule has 0 aromatic carbocycles. The molecule has 0 aliphatic carbocycles. The smallest absolute Gasteiger partial charge is 0.138 e. The first kappa shape index (κ1) is 16.2. The van der Waals surface area contributed by atoms with E-state index < -0.39 is 0 Å². The average Bonchev–Trinajstić information content (AvgIpc) is 2.81. The first-order chi connectivity index (χ1) is 9.06. The molecule has 0 amide bonds. The number of hydrogen-bond donors (Lipinski definition) is 1. The number of nitrogens with one attached hydrogen (secondary N) is 1. The van der Waals surface area contributed by atoms with E-state index in [1.165, 1.54) is 19.3 Å². The first-order valence-electron chi connectivity index (χ1n) is 7.68. The summed E-state index contributed by atoms with van der Waals surface area (Å²) in [5.41, 5.74) is 0. The third kappa shape index (κ3) is 5.31. The fraction of sp³-hybridized carbons (Fsp3) is 0.867. The molecule has 1 unspecified atom stereocenters. The summed E-state index contributed by atoms with van der Waals surface area (Å²) in [7, 11) is 0. The molecule has 1 N–H and O–H groups in total. The monoisotopic (exact) mass is 266 g/mol. The van der Waals surface area contributed by atoms with Gasteiger partial charge in [-0.05, 0) is 45.6 Å². The lowest BCUT2D eigenvalue weighted by molar-refractivity contribution is 0.367. The van der Waals surface area contributed by atoms with E-state index in [0.29, 0.717) is 18.0 Å². The van der Waals surface area contributed by atoms with Gasteiger partial charge in [0, 0.05) is 18.5 Å². The summed E-state index contributed by atoms with van der Waals surface area (Å²) in [4.78, 5) is 4.37. The Morgan fingerprint density at radius 2 is 2.00 bits per heavy atom. The highest BCUT2D eigenvalue weighted by molar-refractivity contribution is 4.87. The van der Waals surface area contributed by atoms with Crippen LogP contribution in [0.5, 0.6) is 0 Å². The molecule has 110 valence electrons. The summed E-state index contributed by atoms with van der Waals surface area (Å²) < 4.78 is 2.03. The van der Waals surface area contributed by atoms with Crippen LogP contribution in [0, 0.1) is 5.92 Å². The predicted molar refractivity (Wildman–Crippen MR) is 80.3 cm³/mol. The lowest BCUT2D eigenvalue weighted by Gasteiger charge is -2.22. The van der Waals surface area contributed by atoms with Crippen molar-refractivity contribution in [3.8, 4) is 0 Å². The maximum Gasteiger partial charge on any atom is 0.138 e. The van der Waals surface area contributed by atoms with Crippen molar-refractivity contribution >= 4 is 0 Å². The molecule has 0 saturated heterocycles. The molecule has 0 aliphatic heterocycles. The van der Waals surface area contributed by atoms with Gasteiger partial charge in [0.2, 0.25) is 0 Å². The average molecular weight is 266 g/mol. The van der Waals surface area contributed by atoms with Crippen LogP contribution in [-0.2, 0) is 6.42 Å². The fourth-order valence-electron chi connectivity index (χ4n) is 2.37. The second kappa shape index (κ2) is 8.31. The summed E-state index contributed by atoms with van der Waals surface area (Å²) >= 11 is 0. The Morgan fingerprint density at radius 1 is 1.26 bits per heavy atom. The molecule has 0 aliphatic rings. The minimum atomic E-state index is 0.400. The lowest BCUT2D eigenvalue weighted by atomic mass is 9.98. The Kier molecular flexibility index (Phi) is 7.06. The minimum Gasteiger partial charge on any atom is -0.314 e. The van der Waals surface area contributed by atoms with Crippen molar-refractivity contribution < 1.29 is 0 Å². The summed E-state index contributed by atoms with van der Waals surface area (Å²) in [6.07, 6.45) is 6.28. The highest BCUT2D eigenvalue weighted by atomic mass is 15.3. The summed E-state index contributed by atoms with van der Waals surface area (Å²) in [6.45, 7) is 12.2. The summed E-state index contributed by atoms with van der Waals surface area (Å²) in [5, 5.41) is 7.93. The second-order valence-electron chi connectivity index (χ2n) is 5.91. The van der Waals surface area contributed by atoms with Gasteiger partial charge in [-0.1, -0.05) is 20.8 Å². The van der Waals surface area contributed by atoms with Gasteiger partial charge in [-0.3, -0.25) is 0 Å². The van der Waals surface area contributed by atoms with Crippen LogP contribution < -0.4 is 5.32 Å². The molecule has 4 nitrogen and oxygen atoms in total. The zero-order valence-electron chi connectivity index (χ0n) is 13.2. The Hall–Kier alpha value is -0.900. The molecule has 4 heteroatoms. The summed E-state index contributed by atoms with van der Waals surface area (Å²) in [6, 6.07) is 1.02. The molecule has 1 rings (SSSR count). The normalized spacial score (nSPS) is 13.4. The van der Waals surface area contributed by atoms with E-state index >= 15 is 0 Å². The van der Waals surface area contributed by atoms with E-state index in [1.54, 1.807) is 6.33 Å². The van der Waals surface area contributed by atoms with E-state index in [0.717, 1.165) is 18.8 Å². The molecular weight excluding hydrogens is 236 g/mol. The van der Waals surface area contributed by atoms with Gasteiger partial charge in [0.05, 0.1) is 0 Å². The molecular formula is C15H30N4. The Morgan fingerprint density at radius 3 is 2.58 bits per heavy atom. The quantitative estimate of drug-likeness (QED) is 0.746. The Bertz CT molecular complexity index is 344. The van der Waals surface area contributed by atoms with Crippen LogP contribution in [0.15, 0.2) is 6.33 Å². The molecule has 0 saturated carbocycles. The van der Waals surface area contributed by atoms with Crippen molar-refractivity contribution in [2.24, 2.45) is 5.92 Å². The van der Waals surface area contributed by atoms with Crippen LogP contribution in [0.3, 0.4) is 0 Å². The lowest BCUT2D eigenvalue weighted by Crippen LogP contribution is -2.34. The van der Waals surface area contributed by atoms with Gasteiger partial charge in [-0.15, -0.1) is 0 Å². The zero-order valence-corrected chi connectivity index (χ0v) is 13.2. The third-order valence-electron chi connectivity index (χ3n) is 3.51. The number of nitrogens with zero attached hydrogens (tertiary/aromatic N) is 3. The molecule has 1 aromatic rings. The highest BCUT2D eigenvalue weighted by Gasteiger charge is 2.13. The van der Waals surface area contributed by atoms with Gasteiger partial charge in [0.1, 0.15) is 12.2 Å². The number of aryl methyl sites for hydroxylation is 1. The van der Waals surface area contributed by atoms with Gasteiger partial charge in [-0.25, -0.2) is 9.67 Å². The molecule has 1 heterocycles. The molecule has 1 atom stereocenters. The highest BCUT2D eigenvalue weighted by Crippen LogP contribution is 2.13. The molecule has 0 spiro atoms. The minimum absolute atomic E-state index is 0.400. The molecule has 0 radical (unpaired) electrons. The SMILES string of the molecule is CCCNC(CCCc1ncnn1C(C)C)C(C)C. The fourth-order valence-corrected chi connectivity index (χ4v) is 2.37. The van der Waals surface area contributed by atoms with Crippen molar-refractivity contribution in [1.29, 1.82) is 0 Å². The first-order valence-corrected chi connectivity index (χ1v) is 7.68. The maximum atomic E-state index is 4.37. The molecule has 19 heavy (non-hydrogen) atoms. The van der Waals surface area contributed by atoms with Crippen LogP contribution in [0.1, 0.15) is 65.7 Å². The largest absolute Gasteiger partial charge is 0.314 e. The predicted octanol–water partition coefficient (Wildman–Crippen LogP) is 3.21. The van der Waals surface area contributed by atoms with Crippen molar-refractivity contribution in [2.45, 2.75) is 72.4 Å². The van der Waals surface area contributed by atoms with Crippen LogP contribution in [0.4, 0.5) is 0 Å². The van der Waals surface area contributed by atoms with E-state index in [9.17, 15) is 0 Å².